The van der Waals surface area contributed by atoms with E-state index in [0.717, 1.165) is 0 Å². The summed E-state index contributed by atoms with van der Waals surface area (Å²) in [7, 11) is 1.26. The van der Waals surface area contributed by atoms with Gasteiger partial charge in [0.1, 0.15) is 11.2 Å². The minimum atomic E-state index is -1.10. The zero-order valence-electron chi connectivity index (χ0n) is 10.3. The van der Waals surface area contributed by atoms with Crippen molar-refractivity contribution in [1.82, 2.24) is 0 Å². The van der Waals surface area contributed by atoms with Crippen molar-refractivity contribution in [2.45, 2.75) is 18.3 Å². The quantitative estimate of drug-likeness (QED) is 0.792. The average Bonchev–Trinajstić information content (AvgIpc) is 2.41. The fourth-order valence-electron chi connectivity index (χ4n) is 2.00. The van der Waals surface area contributed by atoms with Crippen molar-refractivity contribution in [2.75, 3.05) is 20.3 Å². The second-order valence-electron chi connectivity index (χ2n) is 4.08. The number of ether oxygens (including phenoxy) is 1. The predicted molar refractivity (Wildman–Crippen MR) is 64.4 cm³/mol. The number of nitrogens with two attached hydrogens (primary N) is 1. The van der Waals surface area contributed by atoms with Crippen LogP contribution < -0.4 is 5.73 Å². The summed E-state index contributed by atoms with van der Waals surface area (Å²) in [6, 6.07) is 5.46. The SMILES string of the molecule is COC(=O)C(CN)(CCCF)c1ccc(F)cc1. The number of halogens is 2. The first-order chi connectivity index (χ1) is 8.60. The number of hydrogen-bond donors (Lipinski definition) is 1. The van der Waals surface area contributed by atoms with Gasteiger partial charge in [-0.3, -0.25) is 9.18 Å². The summed E-state index contributed by atoms with van der Waals surface area (Å²) in [5.41, 5.74) is 5.12. The van der Waals surface area contributed by atoms with Gasteiger partial charge in [0.2, 0.25) is 0 Å². The highest BCUT2D eigenvalue weighted by Crippen LogP contribution is 2.30. The molecule has 3 nitrogen and oxygen atoms in total. The molecule has 2 N–H and O–H groups in total. The van der Waals surface area contributed by atoms with E-state index in [1.165, 1.54) is 31.4 Å². The third-order valence-corrected chi connectivity index (χ3v) is 3.06. The maximum Gasteiger partial charge on any atom is 0.317 e. The van der Waals surface area contributed by atoms with Crippen LogP contribution in [0.2, 0.25) is 0 Å². The molecule has 100 valence electrons. The summed E-state index contributed by atoms with van der Waals surface area (Å²) in [4.78, 5) is 11.9. The number of hydrogen-bond acceptors (Lipinski definition) is 3. The van der Waals surface area contributed by atoms with Gasteiger partial charge in [0.25, 0.3) is 0 Å². The first kappa shape index (κ1) is 14.6. The van der Waals surface area contributed by atoms with Crippen molar-refractivity contribution >= 4 is 5.97 Å². The Morgan fingerprint density at radius 3 is 2.44 bits per heavy atom. The Bertz CT molecular complexity index is 394. The van der Waals surface area contributed by atoms with Gasteiger partial charge < -0.3 is 10.5 Å². The second kappa shape index (κ2) is 6.44. The average molecular weight is 257 g/mol. The van der Waals surface area contributed by atoms with Crippen molar-refractivity contribution < 1.29 is 18.3 Å². The lowest BCUT2D eigenvalue weighted by Gasteiger charge is -2.29. The number of alkyl halides is 1. The Morgan fingerprint density at radius 1 is 1.39 bits per heavy atom. The summed E-state index contributed by atoms with van der Waals surface area (Å²) >= 11 is 0. The molecule has 0 spiro atoms. The van der Waals surface area contributed by atoms with Crippen LogP contribution in [-0.2, 0) is 14.9 Å². The van der Waals surface area contributed by atoms with E-state index in [-0.39, 0.29) is 19.4 Å². The first-order valence-electron chi connectivity index (χ1n) is 5.71. The molecular weight excluding hydrogens is 240 g/mol. The van der Waals surface area contributed by atoms with Crippen molar-refractivity contribution in [3.8, 4) is 0 Å². The second-order valence-corrected chi connectivity index (χ2v) is 4.08. The van der Waals surface area contributed by atoms with Crippen LogP contribution in [0.5, 0.6) is 0 Å². The number of methoxy groups -OCH3 is 1. The standard InChI is InChI=1S/C13H17F2NO2/c1-18-12(17)13(9-16,7-2-8-14)10-3-5-11(15)6-4-10/h3-6H,2,7-9,16H2,1H3. The lowest BCUT2D eigenvalue weighted by molar-refractivity contribution is -0.147. The van der Waals surface area contributed by atoms with Gasteiger partial charge in [-0.25, -0.2) is 4.39 Å². The molecule has 5 heteroatoms. The molecule has 0 aliphatic heterocycles. The van der Waals surface area contributed by atoms with Gasteiger partial charge in [-0.1, -0.05) is 12.1 Å². The molecule has 0 aromatic heterocycles. The van der Waals surface area contributed by atoms with Crippen LogP contribution in [0.25, 0.3) is 0 Å². The van der Waals surface area contributed by atoms with Crippen molar-refractivity contribution in [3.63, 3.8) is 0 Å². The van der Waals surface area contributed by atoms with Gasteiger partial charge in [0.15, 0.2) is 0 Å². The number of carbonyl (C=O) groups is 1. The van der Waals surface area contributed by atoms with Crippen LogP contribution in [0.15, 0.2) is 24.3 Å². The van der Waals surface area contributed by atoms with Crippen LogP contribution in [-0.4, -0.2) is 26.3 Å². The predicted octanol–water partition coefficient (Wildman–Crippen LogP) is 1.94. The van der Waals surface area contributed by atoms with E-state index >= 15 is 0 Å². The smallest absolute Gasteiger partial charge is 0.317 e. The molecule has 1 aromatic carbocycles. The normalized spacial score (nSPS) is 14.0. The van der Waals surface area contributed by atoms with E-state index < -0.39 is 23.9 Å². The molecule has 1 atom stereocenters. The third-order valence-electron chi connectivity index (χ3n) is 3.06. The fourth-order valence-corrected chi connectivity index (χ4v) is 2.00. The molecule has 1 rings (SSSR count). The highest BCUT2D eigenvalue weighted by Gasteiger charge is 2.39. The van der Waals surface area contributed by atoms with Crippen molar-refractivity contribution in [2.24, 2.45) is 5.73 Å². The van der Waals surface area contributed by atoms with E-state index in [1.807, 2.05) is 0 Å². The van der Waals surface area contributed by atoms with Crippen LogP contribution >= 0.6 is 0 Å². The molecule has 0 bridgehead atoms. The summed E-state index contributed by atoms with van der Waals surface area (Å²) < 4.78 is 30.0. The Kier molecular flexibility index (Phi) is 5.22. The Morgan fingerprint density at radius 2 is 2.00 bits per heavy atom. The number of esters is 1. The Labute approximate surface area is 105 Å². The van der Waals surface area contributed by atoms with Gasteiger partial charge in [-0.2, -0.15) is 0 Å². The molecule has 0 amide bonds. The highest BCUT2D eigenvalue weighted by molar-refractivity contribution is 5.83. The molecule has 0 radical (unpaired) electrons. The molecule has 1 unspecified atom stereocenters. The van der Waals surface area contributed by atoms with Gasteiger partial charge in [-0.15, -0.1) is 0 Å². The lowest BCUT2D eigenvalue weighted by atomic mass is 9.76. The van der Waals surface area contributed by atoms with Crippen LogP contribution in [0, 0.1) is 5.82 Å². The molecular formula is C13H17F2NO2. The molecule has 1 aromatic rings. The van der Waals surface area contributed by atoms with Crippen LogP contribution in [0.1, 0.15) is 18.4 Å². The topological polar surface area (TPSA) is 52.3 Å². The van der Waals surface area contributed by atoms with Crippen LogP contribution in [0.3, 0.4) is 0 Å². The highest BCUT2D eigenvalue weighted by atomic mass is 19.1. The summed E-state index contributed by atoms with van der Waals surface area (Å²) in [5, 5.41) is 0. The summed E-state index contributed by atoms with van der Waals surface area (Å²) in [6.45, 7) is -0.550. The first-order valence-corrected chi connectivity index (χ1v) is 5.71. The molecule has 0 saturated carbocycles. The number of rotatable bonds is 6. The molecule has 0 aliphatic rings. The zero-order chi connectivity index (χ0) is 13.6. The van der Waals surface area contributed by atoms with E-state index in [4.69, 9.17) is 10.5 Å². The molecule has 0 saturated heterocycles. The maximum absolute atomic E-state index is 12.9. The zero-order valence-corrected chi connectivity index (χ0v) is 10.3. The minimum Gasteiger partial charge on any atom is -0.468 e. The molecule has 0 aliphatic carbocycles. The number of carbonyl (C=O) groups excluding carboxylic acids is 1. The largest absolute Gasteiger partial charge is 0.468 e. The summed E-state index contributed by atoms with van der Waals surface area (Å²) in [6.07, 6.45) is 0.433. The molecule has 0 fully saturated rings. The van der Waals surface area contributed by atoms with Gasteiger partial charge in [0.05, 0.1) is 13.8 Å². The number of benzene rings is 1. The van der Waals surface area contributed by atoms with Gasteiger partial charge in [-0.05, 0) is 30.5 Å². The maximum atomic E-state index is 12.9. The fraction of sp³-hybridized carbons (Fsp3) is 0.462. The van der Waals surface area contributed by atoms with Crippen LogP contribution in [0.4, 0.5) is 8.78 Å². The monoisotopic (exact) mass is 257 g/mol. The lowest BCUT2D eigenvalue weighted by Crippen LogP contribution is -2.44. The Hall–Kier alpha value is -1.49. The van der Waals surface area contributed by atoms with E-state index in [9.17, 15) is 13.6 Å². The van der Waals surface area contributed by atoms with Gasteiger partial charge >= 0.3 is 5.97 Å². The minimum absolute atomic E-state index is 0.00863. The molecule has 0 heterocycles. The molecule has 18 heavy (non-hydrogen) atoms. The van der Waals surface area contributed by atoms with E-state index in [1.54, 1.807) is 0 Å². The Balaban J connectivity index is 3.16. The summed E-state index contributed by atoms with van der Waals surface area (Å²) in [5.74, 6) is -0.926. The van der Waals surface area contributed by atoms with Crippen molar-refractivity contribution in [3.05, 3.63) is 35.6 Å². The van der Waals surface area contributed by atoms with E-state index in [2.05, 4.69) is 0 Å². The van der Waals surface area contributed by atoms with Gasteiger partial charge in [0, 0.05) is 6.54 Å². The van der Waals surface area contributed by atoms with Crippen molar-refractivity contribution in [1.29, 1.82) is 0 Å². The van der Waals surface area contributed by atoms with E-state index in [0.29, 0.717) is 5.56 Å². The third kappa shape index (κ3) is 2.85.